The summed E-state index contributed by atoms with van der Waals surface area (Å²) >= 11 is 0. The van der Waals surface area contributed by atoms with Crippen LogP contribution >= 0.6 is 0 Å². The molecule has 2 aromatic carbocycles. The molecular formula is C22H18O12. The van der Waals surface area contributed by atoms with Gasteiger partial charge in [-0.3, -0.25) is 14.4 Å². The molecule has 34 heavy (non-hydrogen) atoms. The summed E-state index contributed by atoms with van der Waals surface area (Å²) < 4.78 is 11.0. The highest BCUT2D eigenvalue weighted by Crippen LogP contribution is 2.42. The zero-order chi connectivity index (χ0) is 24.9. The molecule has 4 rings (SSSR count). The van der Waals surface area contributed by atoms with Crippen LogP contribution in [-0.4, -0.2) is 72.3 Å². The van der Waals surface area contributed by atoms with E-state index in [1.807, 2.05) is 0 Å². The summed E-state index contributed by atoms with van der Waals surface area (Å²) in [6.45, 7) is 0. The Morgan fingerprint density at radius 3 is 2.06 bits per heavy atom. The van der Waals surface area contributed by atoms with Crippen molar-refractivity contribution in [1.29, 1.82) is 0 Å². The van der Waals surface area contributed by atoms with E-state index in [2.05, 4.69) is 0 Å². The maximum atomic E-state index is 13.2. The van der Waals surface area contributed by atoms with Crippen molar-refractivity contribution in [1.82, 2.24) is 0 Å². The van der Waals surface area contributed by atoms with Crippen LogP contribution in [0.25, 0.3) is 0 Å². The molecule has 2 aromatic rings. The average Bonchev–Trinajstić information content (AvgIpc) is 2.76. The first kappa shape index (κ1) is 22.9. The molecule has 0 aromatic heterocycles. The van der Waals surface area contributed by atoms with Crippen molar-refractivity contribution in [2.24, 2.45) is 5.92 Å². The van der Waals surface area contributed by atoms with Crippen LogP contribution < -0.4 is 4.74 Å². The van der Waals surface area contributed by atoms with Crippen molar-refractivity contribution < 1.29 is 59.3 Å². The molecule has 2 unspecified atom stereocenters. The summed E-state index contributed by atoms with van der Waals surface area (Å²) in [5.74, 6) is -8.82. The summed E-state index contributed by atoms with van der Waals surface area (Å²) in [6, 6.07) is 3.43. The van der Waals surface area contributed by atoms with Crippen molar-refractivity contribution in [3.8, 4) is 34.5 Å². The number of hydrogen-bond acceptors (Lipinski definition) is 12. The Morgan fingerprint density at radius 1 is 0.882 bits per heavy atom. The molecule has 2 aliphatic rings. The molecule has 6 N–H and O–H groups in total. The molecule has 178 valence electrons. The monoisotopic (exact) mass is 474 g/mol. The standard InChI is InChI=1S/C22H18O12/c23-9-5-10(24)16-15(6-9)33-20(7-1-11(25)17(29)12(26)2-7)21(19(16)31)34-22(32)8-3-13(27)18(30)14(28)4-8/h3-7,17,20-21,23-24,27-30H,1-2H2. The summed E-state index contributed by atoms with van der Waals surface area (Å²) in [5.41, 5.74) is -0.872. The molecule has 0 spiro atoms. The van der Waals surface area contributed by atoms with E-state index in [9.17, 15) is 49.8 Å². The van der Waals surface area contributed by atoms with Crippen LogP contribution in [0.2, 0.25) is 0 Å². The number of ketones is 3. The number of phenols is 5. The number of aromatic hydroxyl groups is 5. The maximum Gasteiger partial charge on any atom is 0.339 e. The van der Waals surface area contributed by atoms with Gasteiger partial charge in [0, 0.05) is 30.9 Å². The van der Waals surface area contributed by atoms with E-state index in [0.717, 1.165) is 24.3 Å². The number of fused-ring (bicyclic) bond motifs is 1. The largest absolute Gasteiger partial charge is 0.508 e. The van der Waals surface area contributed by atoms with E-state index >= 15 is 0 Å². The van der Waals surface area contributed by atoms with Crippen LogP contribution in [0.4, 0.5) is 0 Å². The van der Waals surface area contributed by atoms with Crippen LogP contribution in [-0.2, 0) is 14.3 Å². The third-order valence-corrected chi connectivity index (χ3v) is 5.67. The van der Waals surface area contributed by atoms with Crippen molar-refractivity contribution in [2.45, 2.75) is 31.2 Å². The number of aliphatic hydroxyl groups is 1. The van der Waals surface area contributed by atoms with Crippen molar-refractivity contribution >= 4 is 23.3 Å². The smallest absolute Gasteiger partial charge is 0.339 e. The van der Waals surface area contributed by atoms with Gasteiger partial charge < -0.3 is 40.1 Å². The van der Waals surface area contributed by atoms with E-state index in [4.69, 9.17) is 9.47 Å². The van der Waals surface area contributed by atoms with E-state index in [1.54, 1.807) is 0 Å². The van der Waals surface area contributed by atoms with Gasteiger partial charge in [-0.15, -0.1) is 0 Å². The quantitative estimate of drug-likeness (QED) is 0.202. The summed E-state index contributed by atoms with van der Waals surface area (Å²) in [6.07, 6.45) is -5.82. The Kier molecular flexibility index (Phi) is 5.53. The molecule has 1 aliphatic heterocycles. The molecule has 0 saturated heterocycles. The van der Waals surface area contributed by atoms with Gasteiger partial charge in [-0.05, 0) is 12.1 Å². The van der Waals surface area contributed by atoms with Crippen LogP contribution in [0.1, 0.15) is 33.6 Å². The van der Waals surface area contributed by atoms with Crippen LogP contribution in [0.3, 0.4) is 0 Å². The van der Waals surface area contributed by atoms with Gasteiger partial charge in [-0.1, -0.05) is 0 Å². The van der Waals surface area contributed by atoms with Crippen molar-refractivity contribution in [3.63, 3.8) is 0 Å². The minimum absolute atomic E-state index is 0.272. The minimum Gasteiger partial charge on any atom is -0.508 e. The number of esters is 1. The zero-order valence-electron chi connectivity index (χ0n) is 17.2. The lowest BCUT2D eigenvalue weighted by atomic mass is 9.78. The van der Waals surface area contributed by atoms with Gasteiger partial charge in [-0.2, -0.15) is 0 Å². The zero-order valence-corrected chi connectivity index (χ0v) is 17.2. The van der Waals surface area contributed by atoms with Crippen LogP contribution in [0, 0.1) is 5.92 Å². The number of ether oxygens (including phenoxy) is 2. The molecule has 1 aliphatic carbocycles. The van der Waals surface area contributed by atoms with E-state index in [0.29, 0.717) is 0 Å². The normalized spacial score (nSPS) is 24.3. The lowest BCUT2D eigenvalue weighted by Gasteiger charge is -2.38. The van der Waals surface area contributed by atoms with Gasteiger partial charge in [0.05, 0.1) is 5.56 Å². The highest BCUT2D eigenvalue weighted by atomic mass is 16.6. The second kappa shape index (κ2) is 8.23. The number of hydrogen-bond donors (Lipinski definition) is 6. The Hall–Kier alpha value is -4.32. The third-order valence-electron chi connectivity index (χ3n) is 5.67. The number of aliphatic hydroxyl groups excluding tert-OH is 1. The highest BCUT2D eigenvalue weighted by molar-refractivity contribution is 6.09. The third kappa shape index (κ3) is 3.83. The number of rotatable bonds is 3. The summed E-state index contributed by atoms with van der Waals surface area (Å²) in [7, 11) is 0. The molecule has 2 atom stereocenters. The number of carbonyl (C=O) groups is 4. The topological polar surface area (TPSA) is 208 Å². The Balaban J connectivity index is 1.73. The molecule has 1 saturated carbocycles. The fourth-order valence-electron chi connectivity index (χ4n) is 4.02. The van der Waals surface area contributed by atoms with Gasteiger partial charge in [0.25, 0.3) is 0 Å². The van der Waals surface area contributed by atoms with Gasteiger partial charge in [0.15, 0.2) is 34.9 Å². The Bertz CT molecular complexity index is 1190. The van der Waals surface area contributed by atoms with Gasteiger partial charge in [0.1, 0.15) is 28.9 Å². The van der Waals surface area contributed by atoms with Gasteiger partial charge in [0.2, 0.25) is 11.9 Å². The predicted octanol–water partition coefficient (Wildman–Crippen LogP) is 0.293. The van der Waals surface area contributed by atoms with Crippen molar-refractivity contribution in [3.05, 3.63) is 35.4 Å². The lowest BCUT2D eigenvalue weighted by Crippen LogP contribution is -2.53. The molecule has 12 heteroatoms. The molecule has 0 radical (unpaired) electrons. The molecule has 0 bridgehead atoms. The fraction of sp³-hybridized carbons (Fsp3) is 0.273. The predicted molar refractivity (Wildman–Crippen MR) is 108 cm³/mol. The number of carbonyl (C=O) groups excluding carboxylic acids is 4. The molecule has 1 fully saturated rings. The summed E-state index contributed by atoms with van der Waals surface area (Å²) in [5, 5.41) is 58.3. The first-order chi connectivity index (χ1) is 16.0. The molecule has 12 nitrogen and oxygen atoms in total. The lowest BCUT2D eigenvalue weighted by molar-refractivity contribution is -0.146. The first-order valence-electron chi connectivity index (χ1n) is 9.94. The van der Waals surface area contributed by atoms with Crippen LogP contribution in [0.15, 0.2) is 24.3 Å². The highest BCUT2D eigenvalue weighted by Gasteiger charge is 2.49. The molecular weight excluding hydrogens is 456 g/mol. The first-order valence-corrected chi connectivity index (χ1v) is 9.94. The number of phenolic OH excluding ortho intramolecular Hbond substituents is 5. The van der Waals surface area contributed by atoms with Crippen LogP contribution in [0.5, 0.6) is 34.5 Å². The maximum absolute atomic E-state index is 13.2. The van der Waals surface area contributed by atoms with Gasteiger partial charge >= 0.3 is 5.97 Å². The number of benzene rings is 2. The average molecular weight is 474 g/mol. The molecule has 1 heterocycles. The fourth-order valence-corrected chi connectivity index (χ4v) is 4.02. The summed E-state index contributed by atoms with van der Waals surface area (Å²) in [4.78, 5) is 50.1. The van der Waals surface area contributed by atoms with E-state index in [1.165, 1.54) is 0 Å². The Morgan fingerprint density at radius 2 is 1.47 bits per heavy atom. The second-order valence-corrected chi connectivity index (χ2v) is 7.98. The van der Waals surface area contributed by atoms with E-state index < -0.39 is 87.4 Å². The SMILES string of the molecule is O=C(OC1C(=O)c2c(O)cc(O)cc2OC1C1CC(=O)C(O)C(=O)C1)c1cc(O)c(O)c(O)c1. The van der Waals surface area contributed by atoms with Gasteiger partial charge in [-0.25, -0.2) is 4.79 Å². The second-order valence-electron chi connectivity index (χ2n) is 7.98. The number of Topliss-reactive ketones (excluding diaryl/α,β-unsaturated/α-hetero) is 3. The van der Waals surface area contributed by atoms with E-state index in [-0.39, 0.29) is 18.6 Å². The van der Waals surface area contributed by atoms with Crippen molar-refractivity contribution in [2.75, 3.05) is 0 Å². The Labute approximate surface area is 190 Å². The minimum atomic E-state index is -1.82. The molecule has 0 amide bonds.